The van der Waals surface area contributed by atoms with Crippen LogP contribution in [0.15, 0.2) is 41.3 Å². The Morgan fingerprint density at radius 3 is 3.00 bits per heavy atom. The number of pyridine rings is 1. The van der Waals surface area contributed by atoms with Crippen LogP contribution in [0, 0.1) is 0 Å². The van der Waals surface area contributed by atoms with Gasteiger partial charge < -0.3 is 4.74 Å². The topological polar surface area (TPSA) is 71.1 Å². The molecule has 1 aromatic carbocycles. The number of rotatable bonds is 4. The van der Waals surface area contributed by atoms with Gasteiger partial charge in [0.25, 0.3) is 0 Å². The number of ether oxygens (including phenoxy) is 1. The molecule has 0 amide bonds. The Morgan fingerprint density at radius 2 is 2.19 bits per heavy atom. The summed E-state index contributed by atoms with van der Waals surface area (Å²) >= 11 is 1.14. The summed E-state index contributed by atoms with van der Waals surface area (Å²) < 4.78 is 5.70. The lowest BCUT2D eigenvalue weighted by molar-refractivity contribution is 0.247. The maximum Gasteiger partial charge on any atom is 0.322 e. The van der Waals surface area contributed by atoms with E-state index >= 15 is 0 Å². The lowest BCUT2D eigenvalue weighted by Crippen LogP contribution is -2.22. The van der Waals surface area contributed by atoms with Crippen molar-refractivity contribution < 1.29 is 4.74 Å². The quantitative estimate of drug-likeness (QED) is 0.753. The van der Waals surface area contributed by atoms with Crippen LogP contribution >= 0.6 is 11.3 Å². The van der Waals surface area contributed by atoms with Crippen molar-refractivity contribution in [3.05, 3.63) is 63.0 Å². The smallest absolute Gasteiger partial charge is 0.322 e. The van der Waals surface area contributed by atoms with Gasteiger partial charge in [0.05, 0.1) is 12.3 Å². The molecule has 0 radical (unpaired) electrons. The molecule has 0 spiro atoms. The van der Waals surface area contributed by atoms with E-state index in [1.807, 2.05) is 18.3 Å². The minimum Gasteiger partial charge on any atom is -0.491 e. The number of nitrogens with zero attached hydrogens (tertiary/aromatic N) is 3. The highest BCUT2D eigenvalue weighted by Crippen LogP contribution is 2.36. The fraction of sp³-hybridized carbons (Fsp3) is 0.350. The average molecular weight is 380 g/mol. The van der Waals surface area contributed by atoms with E-state index in [-0.39, 0.29) is 4.87 Å². The molecule has 2 aromatic heterocycles. The fourth-order valence-corrected chi connectivity index (χ4v) is 4.59. The van der Waals surface area contributed by atoms with Crippen LogP contribution in [0.2, 0.25) is 0 Å². The second-order valence-electron chi connectivity index (χ2n) is 7.06. The van der Waals surface area contributed by atoms with Crippen LogP contribution in [0.1, 0.15) is 35.7 Å². The molecule has 27 heavy (non-hydrogen) atoms. The summed E-state index contributed by atoms with van der Waals surface area (Å²) in [4.78, 5) is 18.3. The molecule has 5 rings (SSSR count). The third-order valence-electron chi connectivity index (χ3n) is 5.32. The minimum absolute atomic E-state index is 0.124. The van der Waals surface area contributed by atoms with Crippen molar-refractivity contribution in [2.24, 2.45) is 0 Å². The summed E-state index contributed by atoms with van der Waals surface area (Å²) in [6.45, 7) is 2.74. The van der Waals surface area contributed by atoms with Crippen molar-refractivity contribution in [2.75, 3.05) is 13.2 Å². The molecule has 138 valence electrons. The van der Waals surface area contributed by atoms with E-state index < -0.39 is 0 Å². The molecular formula is C20H20N4O2S. The van der Waals surface area contributed by atoms with E-state index in [0.29, 0.717) is 6.04 Å². The molecule has 2 aliphatic heterocycles. The molecule has 0 aliphatic carbocycles. The third-order valence-corrected chi connectivity index (χ3v) is 6.12. The van der Waals surface area contributed by atoms with E-state index in [0.717, 1.165) is 65.9 Å². The molecular weight excluding hydrogens is 360 g/mol. The molecule has 0 saturated carbocycles. The number of aromatic nitrogens is 3. The average Bonchev–Trinajstić information content (AvgIpc) is 3.42. The Balaban J connectivity index is 1.33. The molecule has 2 aliphatic rings. The van der Waals surface area contributed by atoms with E-state index in [2.05, 4.69) is 38.3 Å². The zero-order valence-corrected chi connectivity index (χ0v) is 15.7. The molecule has 1 N–H and O–H groups in total. The number of hydrogen-bond acceptors (Lipinski definition) is 6. The molecule has 3 aromatic rings. The second kappa shape index (κ2) is 6.90. The number of nitrogens with one attached hydrogen (secondary N) is 1. The number of benzene rings is 1. The Morgan fingerprint density at radius 1 is 1.30 bits per heavy atom. The van der Waals surface area contributed by atoms with Gasteiger partial charge in [-0.15, -0.1) is 0 Å². The van der Waals surface area contributed by atoms with Gasteiger partial charge in [-0.2, -0.15) is 5.10 Å². The van der Waals surface area contributed by atoms with Crippen LogP contribution in [0.3, 0.4) is 0 Å². The van der Waals surface area contributed by atoms with Crippen LogP contribution in [0.5, 0.6) is 5.75 Å². The Kier molecular flexibility index (Phi) is 4.26. The van der Waals surface area contributed by atoms with Gasteiger partial charge >= 0.3 is 4.87 Å². The number of H-pyrrole nitrogens is 1. The first-order valence-electron chi connectivity index (χ1n) is 9.27. The Hall–Kier alpha value is -2.51. The fourth-order valence-electron chi connectivity index (χ4n) is 3.97. The van der Waals surface area contributed by atoms with Gasteiger partial charge in [0.2, 0.25) is 0 Å². The first kappa shape index (κ1) is 16.6. The van der Waals surface area contributed by atoms with E-state index in [1.165, 1.54) is 17.5 Å². The first-order chi connectivity index (χ1) is 13.3. The van der Waals surface area contributed by atoms with Crippen LogP contribution < -0.4 is 9.61 Å². The molecule has 1 atom stereocenters. The predicted octanol–water partition coefficient (Wildman–Crippen LogP) is 3.17. The summed E-state index contributed by atoms with van der Waals surface area (Å²) in [5, 5.41) is 7.25. The summed E-state index contributed by atoms with van der Waals surface area (Å²) in [7, 11) is 0. The summed E-state index contributed by atoms with van der Waals surface area (Å²) in [5.41, 5.74) is 4.57. The molecule has 1 fully saturated rings. The van der Waals surface area contributed by atoms with Crippen molar-refractivity contribution in [1.82, 2.24) is 20.1 Å². The SMILES string of the molecule is O=c1[nH]nc(-c2ccc(CN3CCC[C@H]3c3cnc4c(c3)OCC4)cc2)s1. The molecule has 7 heteroatoms. The van der Waals surface area contributed by atoms with Gasteiger partial charge in [0.1, 0.15) is 10.8 Å². The van der Waals surface area contributed by atoms with Crippen molar-refractivity contribution >= 4 is 11.3 Å². The summed E-state index contributed by atoms with van der Waals surface area (Å²) in [6.07, 6.45) is 5.29. The van der Waals surface area contributed by atoms with Crippen LogP contribution in [0.4, 0.5) is 0 Å². The number of fused-ring (bicyclic) bond motifs is 1. The van der Waals surface area contributed by atoms with Crippen molar-refractivity contribution in [1.29, 1.82) is 0 Å². The van der Waals surface area contributed by atoms with Crippen molar-refractivity contribution in [2.45, 2.75) is 31.8 Å². The lowest BCUT2D eigenvalue weighted by atomic mass is 10.0. The van der Waals surface area contributed by atoms with Crippen LogP contribution in [-0.2, 0) is 13.0 Å². The zero-order valence-electron chi connectivity index (χ0n) is 14.9. The molecule has 0 unspecified atom stereocenters. The number of hydrogen-bond donors (Lipinski definition) is 1. The van der Waals surface area contributed by atoms with Gasteiger partial charge in [0.15, 0.2) is 0 Å². The second-order valence-corrected chi connectivity index (χ2v) is 8.02. The number of aromatic amines is 1. The largest absolute Gasteiger partial charge is 0.491 e. The van der Waals surface area contributed by atoms with E-state index in [1.54, 1.807) is 0 Å². The Labute approximate surface area is 160 Å². The normalized spacial score (nSPS) is 19.2. The van der Waals surface area contributed by atoms with E-state index in [9.17, 15) is 4.79 Å². The van der Waals surface area contributed by atoms with Crippen molar-refractivity contribution in [3.8, 4) is 16.3 Å². The highest BCUT2D eigenvalue weighted by Gasteiger charge is 2.27. The highest BCUT2D eigenvalue weighted by molar-refractivity contribution is 7.12. The number of likely N-dealkylation sites (tertiary alicyclic amines) is 1. The molecule has 1 saturated heterocycles. The van der Waals surface area contributed by atoms with Gasteiger partial charge in [0, 0.05) is 30.8 Å². The van der Waals surface area contributed by atoms with Gasteiger partial charge in [-0.05, 0) is 36.6 Å². The monoisotopic (exact) mass is 380 g/mol. The summed E-state index contributed by atoms with van der Waals surface area (Å²) in [6, 6.07) is 10.9. The maximum atomic E-state index is 11.3. The van der Waals surface area contributed by atoms with E-state index in [4.69, 9.17) is 4.74 Å². The van der Waals surface area contributed by atoms with Gasteiger partial charge in [-0.1, -0.05) is 35.6 Å². The lowest BCUT2D eigenvalue weighted by Gasteiger charge is -2.25. The van der Waals surface area contributed by atoms with Crippen molar-refractivity contribution in [3.63, 3.8) is 0 Å². The zero-order chi connectivity index (χ0) is 18.2. The maximum absolute atomic E-state index is 11.3. The Bertz CT molecular complexity index is 1010. The van der Waals surface area contributed by atoms with Gasteiger partial charge in [-0.3, -0.25) is 14.7 Å². The van der Waals surface area contributed by atoms with Gasteiger partial charge in [-0.25, -0.2) is 5.10 Å². The molecule has 6 nitrogen and oxygen atoms in total. The minimum atomic E-state index is -0.124. The molecule has 4 heterocycles. The molecule has 0 bridgehead atoms. The standard InChI is InChI=1S/C20H20N4O2S/c25-20-23-22-19(27-20)14-5-3-13(4-6-14)12-24-8-1-2-17(24)15-10-18-16(21-11-15)7-9-26-18/h3-6,10-11,17H,1-2,7-9,12H2,(H,23,25)/t17-/m0/s1. The third kappa shape index (κ3) is 3.28. The van der Waals surface area contributed by atoms with Crippen LogP contribution in [-0.4, -0.2) is 33.2 Å². The predicted molar refractivity (Wildman–Crippen MR) is 104 cm³/mol. The van der Waals surface area contributed by atoms with Crippen LogP contribution in [0.25, 0.3) is 10.6 Å². The first-order valence-corrected chi connectivity index (χ1v) is 10.1. The highest BCUT2D eigenvalue weighted by atomic mass is 32.1. The summed E-state index contributed by atoms with van der Waals surface area (Å²) in [5.74, 6) is 0.960.